The molecule has 0 unspecified atom stereocenters. The molecule has 2 fully saturated rings. The van der Waals surface area contributed by atoms with Gasteiger partial charge in [0, 0.05) is 12.6 Å². The Labute approximate surface area is 113 Å². The van der Waals surface area contributed by atoms with Gasteiger partial charge in [-0.05, 0) is 31.6 Å². The number of carbonyl (C=O) groups excluding carboxylic acids is 1. The minimum absolute atomic E-state index is 0.0846. The lowest BCUT2D eigenvalue weighted by atomic mass is 9.87. The van der Waals surface area contributed by atoms with E-state index in [0.717, 1.165) is 37.2 Å². The van der Waals surface area contributed by atoms with Gasteiger partial charge in [-0.2, -0.15) is 0 Å². The van der Waals surface area contributed by atoms with Gasteiger partial charge in [0.15, 0.2) is 6.04 Å². The van der Waals surface area contributed by atoms with Crippen LogP contribution in [0.15, 0.2) is 11.6 Å². The van der Waals surface area contributed by atoms with Crippen molar-refractivity contribution in [2.75, 3.05) is 19.8 Å². The largest absolute Gasteiger partial charge is 0.480 e. The lowest BCUT2D eigenvalue weighted by molar-refractivity contribution is -0.156. The first-order valence-corrected chi connectivity index (χ1v) is 6.88. The molecule has 0 spiro atoms. The summed E-state index contributed by atoms with van der Waals surface area (Å²) in [7, 11) is 0. The van der Waals surface area contributed by atoms with Crippen LogP contribution in [0, 0.1) is 5.92 Å². The molecule has 0 radical (unpaired) electrons. The third kappa shape index (κ3) is 3.56. The lowest BCUT2D eigenvalue weighted by Gasteiger charge is -2.32. The molecule has 106 valence electrons. The second-order valence-electron chi connectivity index (χ2n) is 5.45. The molecule has 2 rings (SSSR count). The zero-order chi connectivity index (χ0) is 13.8. The zero-order valence-corrected chi connectivity index (χ0v) is 11.3. The molecule has 0 aromatic rings. The molecule has 19 heavy (non-hydrogen) atoms. The normalized spacial score (nSPS) is 28.1. The van der Waals surface area contributed by atoms with E-state index in [-0.39, 0.29) is 12.5 Å². The summed E-state index contributed by atoms with van der Waals surface area (Å²) in [5.74, 6) is -0.452. The summed E-state index contributed by atoms with van der Waals surface area (Å²) in [5.41, 5.74) is 1.15. The molecule has 5 heteroatoms. The van der Waals surface area contributed by atoms with E-state index >= 15 is 0 Å². The van der Waals surface area contributed by atoms with Crippen LogP contribution in [0.1, 0.15) is 32.6 Å². The number of ether oxygens (including phenoxy) is 1. The van der Waals surface area contributed by atoms with Crippen LogP contribution in [-0.4, -0.2) is 47.7 Å². The first kappa shape index (κ1) is 14.1. The Morgan fingerprint density at radius 1 is 1.37 bits per heavy atom. The van der Waals surface area contributed by atoms with Gasteiger partial charge < -0.3 is 14.7 Å². The Bertz CT molecular complexity index is 381. The average molecular weight is 267 g/mol. The van der Waals surface area contributed by atoms with Crippen molar-refractivity contribution < 1.29 is 19.4 Å². The smallest absolute Gasteiger partial charge is 0.328 e. The molecule has 0 aromatic heterocycles. The van der Waals surface area contributed by atoms with E-state index in [1.807, 2.05) is 0 Å². The molecule has 1 N–H and O–H groups in total. The molecule has 1 heterocycles. The highest BCUT2D eigenvalue weighted by Crippen LogP contribution is 2.27. The summed E-state index contributed by atoms with van der Waals surface area (Å²) in [6.07, 6.45) is 5.78. The Hall–Kier alpha value is -1.36. The van der Waals surface area contributed by atoms with E-state index in [0.29, 0.717) is 13.2 Å². The monoisotopic (exact) mass is 267 g/mol. The van der Waals surface area contributed by atoms with Crippen molar-refractivity contribution >= 4 is 11.9 Å². The van der Waals surface area contributed by atoms with E-state index in [9.17, 15) is 9.59 Å². The summed E-state index contributed by atoms with van der Waals surface area (Å²) in [5, 5.41) is 9.10. The molecule has 5 nitrogen and oxygen atoms in total. The van der Waals surface area contributed by atoms with Crippen LogP contribution in [0.5, 0.6) is 0 Å². The third-order valence-corrected chi connectivity index (χ3v) is 3.94. The quantitative estimate of drug-likeness (QED) is 0.769. The Balaban J connectivity index is 2.01. The highest BCUT2D eigenvalue weighted by molar-refractivity contribution is 5.92. The predicted octanol–water partition coefficient (Wildman–Crippen LogP) is 1.43. The molecule has 1 saturated heterocycles. The van der Waals surface area contributed by atoms with Crippen LogP contribution in [0.4, 0.5) is 0 Å². The van der Waals surface area contributed by atoms with E-state index in [2.05, 4.69) is 6.92 Å². The third-order valence-electron chi connectivity index (χ3n) is 3.94. The summed E-state index contributed by atoms with van der Waals surface area (Å²) in [4.78, 5) is 24.7. The maximum atomic E-state index is 12.2. The number of hydrogen-bond acceptors (Lipinski definition) is 3. The maximum absolute atomic E-state index is 12.2. The van der Waals surface area contributed by atoms with Gasteiger partial charge >= 0.3 is 5.97 Å². The SMILES string of the molecule is CC1CCC(=CC(=O)N2CCOC[C@@H]2C(=O)O)CC1. The molecule has 2 aliphatic rings. The number of morpholine rings is 1. The van der Waals surface area contributed by atoms with Gasteiger partial charge in [-0.25, -0.2) is 4.79 Å². The van der Waals surface area contributed by atoms with Crippen LogP contribution in [0.2, 0.25) is 0 Å². The van der Waals surface area contributed by atoms with Crippen LogP contribution in [0.25, 0.3) is 0 Å². The standard InChI is InChI=1S/C14H21NO4/c1-10-2-4-11(5-3-10)8-13(16)15-6-7-19-9-12(15)14(17)18/h8,10,12H,2-7,9H2,1H3,(H,17,18)/t10?,12-/m1/s1. The Morgan fingerprint density at radius 2 is 2.05 bits per heavy atom. The topological polar surface area (TPSA) is 66.8 Å². The highest BCUT2D eigenvalue weighted by Gasteiger charge is 2.32. The number of aliphatic carboxylic acids is 1. The molecular weight excluding hydrogens is 246 g/mol. The summed E-state index contributed by atoms with van der Waals surface area (Å²) < 4.78 is 5.13. The Morgan fingerprint density at radius 3 is 2.68 bits per heavy atom. The second-order valence-corrected chi connectivity index (χ2v) is 5.45. The van der Waals surface area contributed by atoms with Gasteiger partial charge in [0.05, 0.1) is 13.2 Å². The Kier molecular flexibility index (Phi) is 4.58. The molecular formula is C14H21NO4. The van der Waals surface area contributed by atoms with Gasteiger partial charge in [-0.1, -0.05) is 12.5 Å². The van der Waals surface area contributed by atoms with Crippen molar-refractivity contribution in [2.45, 2.75) is 38.6 Å². The van der Waals surface area contributed by atoms with E-state index < -0.39 is 12.0 Å². The number of amides is 1. The van der Waals surface area contributed by atoms with Crippen molar-refractivity contribution in [3.8, 4) is 0 Å². The van der Waals surface area contributed by atoms with Gasteiger partial charge in [-0.3, -0.25) is 4.79 Å². The average Bonchev–Trinajstić information content (AvgIpc) is 2.41. The van der Waals surface area contributed by atoms with E-state index in [1.165, 1.54) is 4.90 Å². The zero-order valence-electron chi connectivity index (χ0n) is 11.3. The molecule has 1 aliphatic heterocycles. The van der Waals surface area contributed by atoms with Gasteiger partial charge in [0.25, 0.3) is 0 Å². The van der Waals surface area contributed by atoms with E-state index in [1.54, 1.807) is 6.08 Å². The fourth-order valence-corrected chi connectivity index (χ4v) is 2.61. The summed E-state index contributed by atoms with van der Waals surface area (Å²) in [6, 6.07) is -0.847. The molecule has 1 saturated carbocycles. The molecule has 1 atom stereocenters. The van der Waals surface area contributed by atoms with Crippen LogP contribution in [0.3, 0.4) is 0 Å². The van der Waals surface area contributed by atoms with Crippen molar-refractivity contribution in [1.29, 1.82) is 0 Å². The van der Waals surface area contributed by atoms with Crippen molar-refractivity contribution in [2.24, 2.45) is 5.92 Å². The number of hydrogen-bond donors (Lipinski definition) is 1. The molecule has 1 aliphatic carbocycles. The van der Waals surface area contributed by atoms with Crippen LogP contribution < -0.4 is 0 Å². The number of carbonyl (C=O) groups is 2. The molecule has 1 amide bonds. The highest BCUT2D eigenvalue weighted by atomic mass is 16.5. The predicted molar refractivity (Wildman–Crippen MR) is 69.7 cm³/mol. The van der Waals surface area contributed by atoms with Gasteiger partial charge in [0.1, 0.15) is 0 Å². The second kappa shape index (κ2) is 6.19. The first-order chi connectivity index (χ1) is 9.08. The van der Waals surface area contributed by atoms with Crippen LogP contribution in [-0.2, 0) is 14.3 Å². The number of allylic oxidation sites excluding steroid dienone is 1. The number of carboxylic acids is 1. The van der Waals surface area contributed by atoms with Crippen molar-refractivity contribution in [3.63, 3.8) is 0 Å². The number of nitrogens with zero attached hydrogens (tertiary/aromatic N) is 1. The fourth-order valence-electron chi connectivity index (χ4n) is 2.61. The first-order valence-electron chi connectivity index (χ1n) is 6.88. The van der Waals surface area contributed by atoms with Gasteiger partial charge in [-0.15, -0.1) is 0 Å². The van der Waals surface area contributed by atoms with E-state index in [4.69, 9.17) is 9.84 Å². The van der Waals surface area contributed by atoms with Crippen LogP contribution >= 0.6 is 0 Å². The minimum atomic E-state index is -0.997. The number of carboxylic acid groups (broad SMARTS) is 1. The summed E-state index contributed by atoms with van der Waals surface area (Å²) in [6.45, 7) is 3.08. The lowest BCUT2D eigenvalue weighted by Crippen LogP contribution is -2.52. The molecule has 0 bridgehead atoms. The van der Waals surface area contributed by atoms with Gasteiger partial charge in [0.2, 0.25) is 5.91 Å². The maximum Gasteiger partial charge on any atom is 0.328 e. The molecule has 0 aromatic carbocycles. The van der Waals surface area contributed by atoms with Crippen molar-refractivity contribution in [3.05, 3.63) is 11.6 Å². The summed E-state index contributed by atoms with van der Waals surface area (Å²) >= 11 is 0. The fraction of sp³-hybridized carbons (Fsp3) is 0.714. The van der Waals surface area contributed by atoms with Crippen molar-refractivity contribution in [1.82, 2.24) is 4.90 Å². The number of rotatable bonds is 2. The minimum Gasteiger partial charge on any atom is -0.480 e.